The van der Waals surface area contributed by atoms with Crippen LogP contribution >= 0.6 is 0 Å². The summed E-state index contributed by atoms with van der Waals surface area (Å²) < 4.78 is 27.9. The van der Waals surface area contributed by atoms with Crippen LogP contribution in [0.3, 0.4) is 0 Å². The van der Waals surface area contributed by atoms with Gasteiger partial charge in [-0.3, -0.25) is 15.0 Å². The highest BCUT2D eigenvalue weighted by Crippen LogP contribution is 2.16. The summed E-state index contributed by atoms with van der Waals surface area (Å²) in [5, 5.41) is -0.125. The lowest BCUT2D eigenvalue weighted by Crippen LogP contribution is -2.33. The van der Waals surface area contributed by atoms with E-state index in [2.05, 4.69) is 0 Å². The second-order valence-electron chi connectivity index (χ2n) is 3.66. The zero-order valence-electron chi connectivity index (χ0n) is 9.11. The van der Waals surface area contributed by atoms with Crippen molar-refractivity contribution in [3.05, 3.63) is 46.3 Å². The third-order valence-corrected chi connectivity index (χ3v) is 2.46. The third-order valence-electron chi connectivity index (χ3n) is 2.46. The number of nitrogens with one attached hydrogen (secondary N) is 1. The molecule has 0 atom stereocenters. The van der Waals surface area contributed by atoms with E-state index in [0.717, 1.165) is 12.1 Å². The molecule has 94 valence electrons. The van der Waals surface area contributed by atoms with Gasteiger partial charge >= 0.3 is 0 Å². The maximum Gasteiger partial charge on any atom is 0.253 e. The minimum absolute atomic E-state index is 0.125. The predicted octanol–water partition coefficient (Wildman–Crippen LogP) is 0.270. The first-order valence-electron chi connectivity index (χ1n) is 5.00. The van der Waals surface area contributed by atoms with E-state index < -0.39 is 23.0 Å². The summed E-state index contributed by atoms with van der Waals surface area (Å²) in [4.78, 5) is 22.7. The highest BCUT2D eigenvalue weighted by Gasteiger charge is 2.12. The van der Waals surface area contributed by atoms with Crippen LogP contribution in [0.4, 0.5) is 8.78 Å². The number of aromatic nitrogens is 1. The molecule has 7 heteroatoms. The molecule has 2 aromatic rings. The number of hydrazine groups is 1. The minimum Gasteiger partial charge on any atom is -0.335 e. The number of halogens is 2. The number of amides is 1. The van der Waals surface area contributed by atoms with Crippen LogP contribution in [0.2, 0.25) is 0 Å². The fourth-order valence-corrected chi connectivity index (χ4v) is 1.70. The minimum atomic E-state index is -0.910. The monoisotopic (exact) mass is 253 g/mol. The molecule has 18 heavy (non-hydrogen) atoms. The van der Waals surface area contributed by atoms with E-state index in [1.54, 1.807) is 0 Å². The zero-order chi connectivity index (χ0) is 13.3. The molecule has 5 nitrogen and oxygen atoms in total. The van der Waals surface area contributed by atoms with Crippen molar-refractivity contribution >= 4 is 16.8 Å². The van der Waals surface area contributed by atoms with Crippen LogP contribution in [0.5, 0.6) is 0 Å². The summed E-state index contributed by atoms with van der Waals surface area (Å²) in [7, 11) is 0. The number of hydrogen-bond donors (Lipinski definition) is 2. The second-order valence-corrected chi connectivity index (χ2v) is 3.66. The van der Waals surface area contributed by atoms with Crippen molar-refractivity contribution in [2.45, 2.75) is 6.54 Å². The lowest BCUT2D eigenvalue weighted by Gasteiger charge is -2.10. The van der Waals surface area contributed by atoms with Crippen molar-refractivity contribution in [1.82, 2.24) is 9.99 Å². The Kier molecular flexibility index (Phi) is 3.07. The first kappa shape index (κ1) is 12.2. The molecule has 0 radical (unpaired) electrons. The molecule has 1 aromatic heterocycles. The molecule has 2 rings (SSSR count). The van der Waals surface area contributed by atoms with Gasteiger partial charge in [-0.05, 0) is 6.07 Å². The fourth-order valence-electron chi connectivity index (χ4n) is 1.70. The number of carbonyl (C=O) groups excluding carboxylic acids is 1. The number of pyridine rings is 1. The quantitative estimate of drug-likeness (QED) is 0.458. The number of fused-ring (bicyclic) bond motifs is 1. The molecule has 3 N–H and O–H groups in total. The molecule has 0 unspecified atom stereocenters. The van der Waals surface area contributed by atoms with Gasteiger partial charge in [-0.1, -0.05) is 0 Å². The fraction of sp³-hybridized carbons (Fsp3) is 0.0909. The Bertz CT molecular complexity index is 682. The van der Waals surface area contributed by atoms with Gasteiger partial charge in [0.05, 0.1) is 10.9 Å². The topological polar surface area (TPSA) is 77.1 Å². The van der Waals surface area contributed by atoms with Crippen LogP contribution in [0.25, 0.3) is 10.9 Å². The predicted molar refractivity (Wildman–Crippen MR) is 60.5 cm³/mol. The number of benzene rings is 1. The first-order valence-corrected chi connectivity index (χ1v) is 5.00. The molecule has 0 spiro atoms. The summed E-state index contributed by atoms with van der Waals surface area (Å²) in [6.45, 7) is -0.268. The lowest BCUT2D eigenvalue weighted by atomic mass is 10.2. The van der Waals surface area contributed by atoms with E-state index in [1.807, 2.05) is 5.43 Å². The first-order chi connectivity index (χ1) is 8.52. The van der Waals surface area contributed by atoms with E-state index in [9.17, 15) is 18.4 Å². The maximum atomic E-state index is 13.7. The van der Waals surface area contributed by atoms with Crippen LogP contribution in [-0.4, -0.2) is 10.5 Å². The summed E-state index contributed by atoms with van der Waals surface area (Å²) in [5.41, 5.74) is 1.24. The highest BCUT2D eigenvalue weighted by molar-refractivity contribution is 5.82. The van der Waals surface area contributed by atoms with E-state index in [-0.39, 0.29) is 17.4 Å². The second kappa shape index (κ2) is 4.53. The molecular formula is C11H9F2N3O2. The summed E-state index contributed by atoms with van der Waals surface area (Å²) in [6.07, 6.45) is 1.25. The van der Waals surface area contributed by atoms with Gasteiger partial charge in [0, 0.05) is 18.3 Å². The molecule has 0 fully saturated rings. The molecule has 0 saturated carbocycles. The van der Waals surface area contributed by atoms with Crippen LogP contribution in [0.15, 0.2) is 29.2 Å². The Morgan fingerprint density at radius 3 is 2.78 bits per heavy atom. The Morgan fingerprint density at radius 1 is 1.39 bits per heavy atom. The van der Waals surface area contributed by atoms with E-state index >= 15 is 0 Å². The van der Waals surface area contributed by atoms with Gasteiger partial charge in [0.2, 0.25) is 0 Å². The number of carbonyl (C=O) groups is 1. The molecule has 0 aliphatic heterocycles. The number of nitrogens with zero attached hydrogens (tertiary/aromatic N) is 1. The maximum absolute atomic E-state index is 13.7. The average molecular weight is 253 g/mol. The van der Waals surface area contributed by atoms with Crippen molar-refractivity contribution in [2.24, 2.45) is 5.84 Å². The average Bonchev–Trinajstić information content (AvgIpc) is 2.32. The Balaban J connectivity index is 2.73. The molecule has 0 aliphatic rings. The smallest absolute Gasteiger partial charge is 0.253 e. The van der Waals surface area contributed by atoms with E-state index in [1.165, 1.54) is 10.8 Å². The molecule has 1 aromatic carbocycles. The van der Waals surface area contributed by atoms with Crippen LogP contribution in [0, 0.1) is 11.6 Å². The van der Waals surface area contributed by atoms with Gasteiger partial charge in [-0.15, -0.1) is 0 Å². The van der Waals surface area contributed by atoms with Gasteiger partial charge < -0.3 is 4.57 Å². The normalized spacial score (nSPS) is 10.6. The van der Waals surface area contributed by atoms with Crippen molar-refractivity contribution in [2.75, 3.05) is 0 Å². The largest absolute Gasteiger partial charge is 0.335 e. The van der Waals surface area contributed by atoms with E-state index in [4.69, 9.17) is 5.84 Å². The molecule has 1 amide bonds. The van der Waals surface area contributed by atoms with Crippen LogP contribution < -0.4 is 16.7 Å². The molecular weight excluding hydrogens is 244 g/mol. The summed E-state index contributed by atoms with van der Waals surface area (Å²) in [6, 6.07) is 2.71. The lowest BCUT2D eigenvalue weighted by molar-refractivity contribution is -0.121. The van der Waals surface area contributed by atoms with Crippen LogP contribution in [0.1, 0.15) is 0 Å². The number of rotatable bonds is 2. The number of hydrogen-bond acceptors (Lipinski definition) is 3. The van der Waals surface area contributed by atoms with Crippen molar-refractivity contribution in [1.29, 1.82) is 0 Å². The Labute approximate surface area is 99.8 Å². The third kappa shape index (κ3) is 2.07. The standard InChI is InChI=1S/C11H9F2N3O2/c12-6-3-7-9(17)1-2-16(5-10(18)15-14)11(7)8(13)4-6/h1-4H,5,14H2,(H,15,18). The van der Waals surface area contributed by atoms with Gasteiger partial charge in [-0.2, -0.15) is 0 Å². The van der Waals surface area contributed by atoms with Gasteiger partial charge in [-0.25, -0.2) is 14.6 Å². The van der Waals surface area contributed by atoms with Crippen molar-refractivity contribution < 1.29 is 13.6 Å². The van der Waals surface area contributed by atoms with Gasteiger partial charge in [0.15, 0.2) is 11.2 Å². The zero-order valence-corrected chi connectivity index (χ0v) is 9.11. The number of nitrogens with two attached hydrogens (primary N) is 1. The SMILES string of the molecule is NNC(=O)Cn1ccc(=O)c2cc(F)cc(F)c21. The molecule has 0 bridgehead atoms. The van der Waals surface area contributed by atoms with Gasteiger partial charge in [0.1, 0.15) is 12.4 Å². The Hall–Kier alpha value is -2.28. The van der Waals surface area contributed by atoms with Crippen LogP contribution in [-0.2, 0) is 11.3 Å². The highest BCUT2D eigenvalue weighted by atomic mass is 19.1. The summed E-state index contributed by atoms with van der Waals surface area (Å²) >= 11 is 0. The van der Waals surface area contributed by atoms with E-state index in [0.29, 0.717) is 6.07 Å². The van der Waals surface area contributed by atoms with Gasteiger partial charge in [0.25, 0.3) is 5.91 Å². The summed E-state index contributed by atoms with van der Waals surface area (Å²) in [5.74, 6) is 2.60. The molecule has 0 saturated heterocycles. The van der Waals surface area contributed by atoms with Crippen molar-refractivity contribution in [3.63, 3.8) is 0 Å². The Morgan fingerprint density at radius 2 is 2.11 bits per heavy atom. The molecule has 1 heterocycles. The molecule has 0 aliphatic carbocycles. The van der Waals surface area contributed by atoms with Crippen molar-refractivity contribution in [3.8, 4) is 0 Å².